The molecule has 2 N–H and O–H groups in total. The highest BCUT2D eigenvalue weighted by Crippen LogP contribution is 2.37. The molecule has 0 radical (unpaired) electrons. The van der Waals surface area contributed by atoms with E-state index in [1.165, 1.54) is 11.9 Å². The summed E-state index contributed by atoms with van der Waals surface area (Å²) in [6.45, 7) is 1.80. The van der Waals surface area contributed by atoms with E-state index in [2.05, 4.69) is 39.1 Å². The Morgan fingerprint density at radius 3 is 2.58 bits per heavy atom. The molecule has 3 rings (SSSR count). The molecule has 0 atom stereocenters. The minimum absolute atomic E-state index is 0.344. The number of fused-ring (bicyclic) bond motifs is 1. The zero-order valence-corrected chi connectivity index (χ0v) is 14.6. The van der Waals surface area contributed by atoms with Crippen molar-refractivity contribution < 1.29 is 0 Å². The van der Waals surface area contributed by atoms with Gasteiger partial charge in [0, 0.05) is 25.3 Å². The van der Waals surface area contributed by atoms with E-state index >= 15 is 0 Å². The second kappa shape index (κ2) is 8.17. The summed E-state index contributed by atoms with van der Waals surface area (Å²) in [5.41, 5.74) is 9.33. The van der Waals surface area contributed by atoms with Gasteiger partial charge in [0.2, 0.25) is 0 Å². The predicted octanol–water partition coefficient (Wildman–Crippen LogP) is 2.78. The molecule has 0 spiro atoms. The molecule has 2 heterocycles. The van der Waals surface area contributed by atoms with Gasteiger partial charge in [-0.05, 0) is 24.5 Å². The first-order valence-corrected chi connectivity index (χ1v) is 8.71. The number of rotatable bonds is 6. The van der Waals surface area contributed by atoms with Crippen LogP contribution in [0.1, 0.15) is 24.8 Å². The third-order valence-corrected chi connectivity index (χ3v) is 4.49. The Kier molecular flexibility index (Phi) is 5.50. The zero-order valence-electron chi connectivity index (χ0n) is 14.6. The Morgan fingerprint density at radius 1 is 1.12 bits per heavy atom. The standard InChI is InChI=1S/C19H21N7/c20-9-4-11-25(12-5-10-21)18-17(22)19(24-14-23-18)26-13-3-7-15-6-1-2-8-16(15)26/h1-2,6,8,14H,3-5,7,11-13,22H2. The summed E-state index contributed by atoms with van der Waals surface area (Å²) in [6.07, 6.45) is 4.26. The van der Waals surface area contributed by atoms with Crippen LogP contribution in [-0.4, -0.2) is 29.6 Å². The molecule has 1 aromatic carbocycles. The molecule has 0 aliphatic carbocycles. The van der Waals surface area contributed by atoms with Crippen molar-refractivity contribution >= 4 is 23.0 Å². The van der Waals surface area contributed by atoms with Crippen LogP contribution in [0.4, 0.5) is 23.0 Å². The molecule has 0 saturated heterocycles. The summed E-state index contributed by atoms with van der Waals surface area (Å²) < 4.78 is 0. The van der Waals surface area contributed by atoms with Crippen molar-refractivity contribution in [2.75, 3.05) is 35.2 Å². The highest BCUT2D eigenvalue weighted by molar-refractivity contribution is 5.81. The number of aryl methyl sites for hydroxylation is 1. The lowest BCUT2D eigenvalue weighted by Crippen LogP contribution is -2.30. The van der Waals surface area contributed by atoms with Gasteiger partial charge >= 0.3 is 0 Å². The number of anilines is 4. The number of nitrogens with zero attached hydrogens (tertiary/aromatic N) is 6. The Labute approximate surface area is 153 Å². The van der Waals surface area contributed by atoms with Gasteiger partial charge in [-0.3, -0.25) is 0 Å². The van der Waals surface area contributed by atoms with Crippen LogP contribution in [0, 0.1) is 22.7 Å². The molecule has 0 fully saturated rings. The summed E-state index contributed by atoms with van der Waals surface area (Å²) in [5, 5.41) is 17.8. The normalized spacial score (nSPS) is 12.8. The SMILES string of the molecule is N#CCCN(CCC#N)c1ncnc(N2CCCc3ccccc32)c1N. The average Bonchev–Trinajstić information content (AvgIpc) is 2.68. The minimum atomic E-state index is 0.344. The van der Waals surface area contributed by atoms with E-state index in [1.807, 2.05) is 17.0 Å². The monoisotopic (exact) mass is 347 g/mol. The molecule has 0 saturated carbocycles. The molecule has 7 nitrogen and oxygen atoms in total. The molecule has 132 valence electrons. The molecule has 2 aromatic rings. The lowest BCUT2D eigenvalue weighted by atomic mass is 10.0. The number of aromatic nitrogens is 2. The third-order valence-electron chi connectivity index (χ3n) is 4.49. The molecular weight excluding hydrogens is 326 g/mol. The summed E-state index contributed by atoms with van der Waals surface area (Å²) in [6, 6.07) is 12.5. The number of benzene rings is 1. The Balaban J connectivity index is 1.97. The molecule has 0 unspecified atom stereocenters. The number of hydrogen-bond acceptors (Lipinski definition) is 7. The van der Waals surface area contributed by atoms with Crippen molar-refractivity contribution in [2.24, 2.45) is 0 Å². The first-order valence-electron chi connectivity index (χ1n) is 8.71. The van der Waals surface area contributed by atoms with Gasteiger partial charge in [0.25, 0.3) is 0 Å². The van der Waals surface area contributed by atoms with Crippen LogP contribution in [0.25, 0.3) is 0 Å². The van der Waals surface area contributed by atoms with Crippen LogP contribution in [0.15, 0.2) is 30.6 Å². The quantitative estimate of drug-likeness (QED) is 0.856. The van der Waals surface area contributed by atoms with Crippen LogP contribution >= 0.6 is 0 Å². The van der Waals surface area contributed by atoms with Gasteiger partial charge in [0.15, 0.2) is 11.6 Å². The molecule has 26 heavy (non-hydrogen) atoms. The fourth-order valence-corrected chi connectivity index (χ4v) is 3.29. The zero-order chi connectivity index (χ0) is 18.4. The van der Waals surface area contributed by atoms with E-state index in [9.17, 15) is 0 Å². The summed E-state index contributed by atoms with van der Waals surface area (Å²) in [5.74, 6) is 1.27. The van der Waals surface area contributed by atoms with Crippen LogP contribution in [0.5, 0.6) is 0 Å². The fraction of sp³-hybridized carbons (Fsp3) is 0.368. The van der Waals surface area contributed by atoms with Crippen molar-refractivity contribution in [3.63, 3.8) is 0 Å². The average molecular weight is 347 g/mol. The van der Waals surface area contributed by atoms with Gasteiger partial charge in [-0.25, -0.2) is 9.97 Å². The topological polar surface area (TPSA) is 106 Å². The van der Waals surface area contributed by atoms with Gasteiger partial charge < -0.3 is 15.5 Å². The van der Waals surface area contributed by atoms with E-state index in [1.54, 1.807) is 0 Å². The van der Waals surface area contributed by atoms with Gasteiger partial charge in [-0.2, -0.15) is 10.5 Å². The first-order chi connectivity index (χ1) is 12.8. The summed E-state index contributed by atoms with van der Waals surface area (Å²) in [7, 11) is 0. The van der Waals surface area contributed by atoms with Crippen molar-refractivity contribution in [3.8, 4) is 12.1 Å². The summed E-state index contributed by atoms with van der Waals surface area (Å²) in [4.78, 5) is 12.8. The highest BCUT2D eigenvalue weighted by Gasteiger charge is 2.23. The van der Waals surface area contributed by atoms with Gasteiger partial charge in [-0.15, -0.1) is 0 Å². The maximum atomic E-state index is 8.91. The van der Waals surface area contributed by atoms with E-state index in [0.717, 1.165) is 25.1 Å². The van der Waals surface area contributed by atoms with Crippen LogP contribution in [0.2, 0.25) is 0 Å². The molecule has 1 aromatic heterocycles. The van der Waals surface area contributed by atoms with Crippen molar-refractivity contribution in [1.29, 1.82) is 10.5 Å². The van der Waals surface area contributed by atoms with Crippen LogP contribution < -0.4 is 15.5 Å². The Morgan fingerprint density at radius 2 is 1.85 bits per heavy atom. The number of para-hydroxylation sites is 1. The third kappa shape index (κ3) is 3.52. The first kappa shape index (κ1) is 17.5. The largest absolute Gasteiger partial charge is 0.393 e. The van der Waals surface area contributed by atoms with Crippen molar-refractivity contribution in [1.82, 2.24) is 9.97 Å². The Hall–Kier alpha value is -3.32. The molecule has 1 aliphatic heterocycles. The molecule has 7 heteroatoms. The van der Waals surface area contributed by atoms with Crippen LogP contribution in [0.3, 0.4) is 0 Å². The fourth-order valence-electron chi connectivity index (χ4n) is 3.29. The lowest BCUT2D eigenvalue weighted by molar-refractivity contribution is 0.754. The van der Waals surface area contributed by atoms with E-state index in [0.29, 0.717) is 43.3 Å². The summed E-state index contributed by atoms with van der Waals surface area (Å²) >= 11 is 0. The second-order valence-corrected chi connectivity index (χ2v) is 6.12. The number of nitriles is 2. The number of nitrogens with two attached hydrogens (primary N) is 1. The van der Waals surface area contributed by atoms with Crippen LogP contribution in [-0.2, 0) is 6.42 Å². The van der Waals surface area contributed by atoms with Gasteiger partial charge in [0.05, 0.1) is 25.0 Å². The maximum absolute atomic E-state index is 8.91. The minimum Gasteiger partial charge on any atom is -0.393 e. The smallest absolute Gasteiger partial charge is 0.161 e. The van der Waals surface area contributed by atoms with Gasteiger partial charge in [0.1, 0.15) is 12.0 Å². The van der Waals surface area contributed by atoms with E-state index < -0.39 is 0 Å². The molecule has 0 amide bonds. The maximum Gasteiger partial charge on any atom is 0.161 e. The van der Waals surface area contributed by atoms with E-state index in [4.69, 9.17) is 16.3 Å². The van der Waals surface area contributed by atoms with E-state index in [-0.39, 0.29) is 0 Å². The van der Waals surface area contributed by atoms with Crippen molar-refractivity contribution in [2.45, 2.75) is 25.7 Å². The predicted molar refractivity (Wildman–Crippen MR) is 101 cm³/mol. The highest BCUT2D eigenvalue weighted by atomic mass is 15.3. The van der Waals surface area contributed by atoms with Crippen molar-refractivity contribution in [3.05, 3.63) is 36.2 Å². The van der Waals surface area contributed by atoms with Gasteiger partial charge in [-0.1, -0.05) is 18.2 Å². The number of hydrogen-bond donors (Lipinski definition) is 1. The molecule has 0 bridgehead atoms. The molecular formula is C19H21N7. The Bertz CT molecular complexity index is 832. The second-order valence-electron chi connectivity index (χ2n) is 6.12. The lowest BCUT2D eigenvalue weighted by Gasteiger charge is -2.32. The molecule has 1 aliphatic rings. The number of nitrogen functional groups attached to an aromatic ring is 1.